The van der Waals surface area contributed by atoms with E-state index >= 15 is 0 Å². The largest absolute Gasteiger partial charge is 0.457 e. The third kappa shape index (κ3) is 6.63. The van der Waals surface area contributed by atoms with E-state index in [2.05, 4.69) is 0 Å². The fraction of sp³-hybridized carbons (Fsp3) is 0.0741. The summed E-state index contributed by atoms with van der Waals surface area (Å²) >= 11 is 0. The standard InChI is InChI=1S/C27H14F6N2O7/c28-26(29,30)21-13-17(34(37)38)5-11-23(21)41-19-7-1-15(2-8-19)25(36)16-3-9-20(10-4-16)42-24-12-6-18(35(39)40)14-22(24)27(31,32)33/h1-14H. The van der Waals surface area contributed by atoms with Gasteiger partial charge >= 0.3 is 12.4 Å². The van der Waals surface area contributed by atoms with Crippen molar-refractivity contribution >= 4 is 17.2 Å². The highest BCUT2D eigenvalue weighted by Gasteiger charge is 2.37. The molecule has 0 heterocycles. The number of nitro benzene ring substituents is 2. The van der Waals surface area contributed by atoms with E-state index in [1.54, 1.807) is 0 Å². The Bertz CT molecular complexity index is 1550. The average Bonchev–Trinajstić information content (AvgIpc) is 2.92. The normalized spacial score (nSPS) is 11.6. The highest BCUT2D eigenvalue weighted by molar-refractivity contribution is 6.09. The Hall–Kier alpha value is -5.47. The Balaban J connectivity index is 1.50. The lowest BCUT2D eigenvalue weighted by Gasteiger charge is -2.14. The number of hydrogen-bond acceptors (Lipinski definition) is 7. The van der Waals surface area contributed by atoms with Crippen molar-refractivity contribution in [2.75, 3.05) is 0 Å². The molecule has 0 amide bonds. The Labute approximate surface area is 230 Å². The second-order valence-corrected chi connectivity index (χ2v) is 8.45. The van der Waals surface area contributed by atoms with Crippen LogP contribution in [0.3, 0.4) is 0 Å². The van der Waals surface area contributed by atoms with Gasteiger partial charge in [0.2, 0.25) is 0 Å². The summed E-state index contributed by atoms with van der Waals surface area (Å²) in [6, 6.07) is 13.8. The molecule has 4 aromatic rings. The molecule has 0 saturated carbocycles. The van der Waals surface area contributed by atoms with Gasteiger partial charge in [0.1, 0.15) is 34.1 Å². The first-order valence-corrected chi connectivity index (χ1v) is 11.5. The molecular formula is C27H14F6N2O7. The van der Waals surface area contributed by atoms with Gasteiger partial charge in [-0.05, 0) is 60.7 Å². The van der Waals surface area contributed by atoms with Crippen molar-refractivity contribution in [2.24, 2.45) is 0 Å². The number of benzene rings is 4. The summed E-state index contributed by atoms with van der Waals surface area (Å²) in [5, 5.41) is 21.7. The molecule has 0 aliphatic rings. The molecule has 0 atom stereocenters. The molecule has 0 aromatic heterocycles. The van der Waals surface area contributed by atoms with Crippen LogP contribution in [0.4, 0.5) is 37.7 Å². The molecule has 0 radical (unpaired) electrons. The van der Waals surface area contributed by atoms with Crippen LogP contribution in [0, 0.1) is 20.2 Å². The minimum Gasteiger partial charge on any atom is -0.457 e. The zero-order chi connectivity index (χ0) is 30.8. The van der Waals surface area contributed by atoms with Crippen molar-refractivity contribution in [3.05, 3.63) is 127 Å². The van der Waals surface area contributed by atoms with E-state index in [-0.39, 0.29) is 22.6 Å². The predicted octanol–water partition coefficient (Wildman–Crippen LogP) is 8.36. The van der Waals surface area contributed by atoms with Gasteiger partial charge in [-0.1, -0.05) is 0 Å². The topological polar surface area (TPSA) is 122 Å². The summed E-state index contributed by atoms with van der Waals surface area (Å²) in [5.41, 5.74) is -4.11. The first kappa shape index (κ1) is 29.5. The maximum absolute atomic E-state index is 13.4. The van der Waals surface area contributed by atoms with Gasteiger partial charge in [-0.25, -0.2) is 0 Å². The highest BCUT2D eigenvalue weighted by atomic mass is 19.4. The molecular weight excluding hydrogens is 578 g/mol. The molecule has 0 fully saturated rings. The number of hydrogen-bond donors (Lipinski definition) is 0. The number of ether oxygens (including phenoxy) is 2. The molecule has 9 nitrogen and oxygen atoms in total. The Morgan fingerprint density at radius 1 is 0.571 bits per heavy atom. The second kappa shape index (κ2) is 11.2. The summed E-state index contributed by atoms with van der Waals surface area (Å²) < 4.78 is 90.8. The summed E-state index contributed by atoms with van der Waals surface area (Å²) in [6.07, 6.45) is -9.89. The summed E-state index contributed by atoms with van der Waals surface area (Å²) in [5.74, 6) is -2.13. The zero-order valence-corrected chi connectivity index (χ0v) is 20.6. The SMILES string of the molecule is O=C(c1ccc(Oc2ccc([N+](=O)[O-])cc2C(F)(F)F)cc1)c1ccc(Oc2ccc([N+](=O)[O-])cc2C(F)(F)F)cc1. The van der Waals surface area contributed by atoms with Crippen LogP contribution in [0.5, 0.6) is 23.0 Å². The third-order valence-electron chi connectivity index (χ3n) is 5.65. The monoisotopic (exact) mass is 592 g/mol. The smallest absolute Gasteiger partial charge is 0.420 e. The van der Waals surface area contributed by atoms with Gasteiger partial charge in [0.05, 0.1) is 9.85 Å². The van der Waals surface area contributed by atoms with Crippen molar-refractivity contribution in [2.45, 2.75) is 12.4 Å². The number of rotatable bonds is 8. The van der Waals surface area contributed by atoms with Crippen molar-refractivity contribution in [3.8, 4) is 23.0 Å². The summed E-state index contributed by atoms with van der Waals surface area (Å²) in [7, 11) is 0. The van der Waals surface area contributed by atoms with Crippen LogP contribution in [0.25, 0.3) is 0 Å². The maximum atomic E-state index is 13.4. The Morgan fingerprint density at radius 2 is 0.905 bits per heavy atom. The van der Waals surface area contributed by atoms with Crippen molar-refractivity contribution in [1.29, 1.82) is 0 Å². The number of carbonyl (C=O) groups excluding carboxylic acids is 1. The fourth-order valence-electron chi connectivity index (χ4n) is 3.65. The molecule has 0 aliphatic carbocycles. The number of halogens is 6. The number of carbonyl (C=O) groups is 1. The maximum Gasteiger partial charge on any atom is 0.420 e. The Kier molecular flexibility index (Phi) is 7.86. The van der Waals surface area contributed by atoms with Crippen LogP contribution in [0.15, 0.2) is 84.9 Å². The number of nitrogens with zero attached hydrogens (tertiary/aromatic N) is 2. The van der Waals surface area contributed by atoms with E-state index in [1.807, 2.05) is 0 Å². The molecule has 4 rings (SSSR count). The Morgan fingerprint density at radius 3 is 1.19 bits per heavy atom. The number of ketones is 1. The van der Waals surface area contributed by atoms with Crippen LogP contribution >= 0.6 is 0 Å². The fourth-order valence-corrected chi connectivity index (χ4v) is 3.65. The lowest BCUT2D eigenvalue weighted by Crippen LogP contribution is -2.08. The molecule has 216 valence electrons. The van der Waals surface area contributed by atoms with Crippen LogP contribution in [0.1, 0.15) is 27.0 Å². The first-order valence-electron chi connectivity index (χ1n) is 11.5. The highest BCUT2D eigenvalue weighted by Crippen LogP contribution is 2.41. The lowest BCUT2D eigenvalue weighted by molar-refractivity contribution is -0.385. The van der Waals surface area contributed by atoms with E-state index in [0.29, 0.717) is 12.1 Å². The van der Waals surface area contributed by atoms with Gasteiger partial charge in [-0.2, -0.15) is 26.3 Å². The lowest BCUT2D eigenvalue weighted by atomic mass is 10.0. The van der Waals surface area contributed by atoms with Crippen LogP contribution < -0.4 is 9.47 Å². The quantitative estimate of drug-likeness (QED) is 0.0872. The van der Waals surface area contributed by atoms with Gasteiger partial charge in [0, 0.05) is 35.4 Å². The summed E-state index contributed by atoms with van der Waals surface area (Å²) in [6.45, 7) is 0. The molecule has 42 heavy (non-hydrogen) atoms. The molecule has 0 spiro atoms. The molecule has 0 unspecified atom stereocenters. The van der Waals surface area contributed by atoms with Gasteiger partial charge in [-0.15, -0.1) is 0 Å². The number of non-ortho nitro benzene ring substituents is 2. The van der Waals surface area contributed by atoms with E-state index in [4.69, 9.17) is 9.47 Å². The number of alkyl halides is 6. The minimum absolute atomic E-state index is 0.0884. The van der Waals surface area contributed by atoms with Gasteiger partial charge in [-0.3, -0.25) is 25.0 Å². The van der Waals surface area contributed by atoms with Gasteiger partial charge in [0.15, 0.2) is 5.78 Å². The van der Waals surface area contributed by atoms with E-state index in [9.17, 15) is 51.4 Å². The van der Waals surface area contributed by atoms with E-state index in [1.165, 1.54) is 48.5 Å². The van der Waals surface area contributed by atoms with Gasteiger partial charge in [0.25, 0.3) is 11.4 Å². The molecule has 4 aromatic carbocycles. The van der Waals surface area contributed by atoms with Crippen LogP contribution in [-0.2, 0) is 12.4 Å². The average molecular weight is 592 g/mol. The predicted molar refractivity (Wildman–Crippen MR) is 133 cm³/mol. The van der Waals surface area contributed by atoms with Crippen molar-refractivity contribution in [1.82, 2.24) is 0 Å². The second-order valence-electron chi connectivity index (χ2n) is 8.45. The minimum atomic E-state index is -4.94. The van der Waals surface area contributed by atoms with E-state index < -0.39 is 62.0 Å². The molecule has 0 aliphatic heterocycles. The van der Waals surface area contributed by atoms with Crippen molar-refractivity contribution in [3.63, 3.8) is 0 Å². The van der Waals surface area contributed by atoms with Crippen LogP contribution in [0.2, 0.25) is 0 Å². The first-order chi connectivity index (χ1) is 19.6. The molecule has 0 bridgehead atoms. The summed E-state index contributed by atoms with van der Waals surface area (Å²) in [4.78, 5) is 32.6. The molecule has 0 saturated heterocycles. The van der Waals surface area contributed by atoms with E-state index in [0.717, 1.165) is 24.3 Å². The third-order valence-corrected chi connectivity index (χ3v) is 5.65. The zero-order valence-electron chi connectivity index (χ0n) is 20.6. The van der Waals surface area contributed by atoms with Crippen LogP contribution in [-0.4, -0.2) is 15.6 Å². The van der Waals surface area contributed by atoms with Crippen molar-refractivity contribution < 1.29 is 50.5 Å². The van der Waals surface area contributed by atoms with Gasteiger partial charge < -0.3 is 9.47 Å². The molecule has 0 N–H and O–H groups in total. The molecule has 15 heteroatoms. The number of nitro groups is 2.